The minimum atomic E-state index is -3.38. The number of rotatable bonds is 9. The van der Waals surface area contributed by atoms with Gasteiger partial charge < -0.3 is 15.4 Å². The summed E-state index contributed by atoms with van der Waals surface area (Å²) < 4.78 is 32.4. The molecule has 1 aliphatic heterocycles. The normalized spacial score (nSPS) is 19.2. The van der Waals surface area contributed by atoms with Crippen molar-refractivity contribution in [3.05, 3.63) is 29.8 Å². The number of aliphatic imine (C=N–C) groups is 1. The summed E-state index contributed by atoms with van der Waals surface area (Å²) >= 11 is 0. The first-order chi connectivity index (χ1) is 14.5. The van der Waals surface area contributed by atoms with Crippen LogP contribution >= 0.6 is 24.0 Å². The average molecular weight is 565 g/mol. The van der Waals surface area contributed by atoms with Crippen molar-refractivity contribution in [1.29, 1.82) is 0 Å². The number of sulfonamides is 1. The van der Waals surface area contributed by atoms with Gasteiger partial charge in [0.15, 0.2) is 5.96 Å². The minimum Gasteiger partial charge on any atom is -0.385 e. The molecule has 1 saturated carbocycles. The summed E-state index contributed by atoms with van der Waals surface area (Å²) in [6.07, 6.45) is 7.81. The third-order valence-electron chi connectivity index (χ3n) is 6.44. The quantitative estimate of drug-likeness (QED) is 0.273. The maximum absolute atomic E-state index is 12.8. The van der Waals surface area contributed by atoms with Crippen molar-refractivity contribution < 1.29 is 13.2 Å². The number of nitrogens with zero attached hydrogens (tertiary/aromatic N) is 2. The molecule has 0 aromatic heterocycles. The van der Waals surface area contributed by atoms with Gasteiger partial charge in [-0.2, -0.15) is 4.31 Å². The van der Waals surface area contributed by atoms with Crippen molar-refractivity contribution in [2.75, 3.05) is 40.4 Å². The van der Waals surface area contributed by atoms with Gasteiger partial charge in [-0.15, -0.1) is 24.0 Å². The number of nitrogens with one attached hydrogen (secondary N) is 2. The molecule has 176 valence electrons. The number of piperidine rings is 1. The first-order valence-corrected chi connectivity index (χ1v) is 12.5. The van der Waals surface area contributed by atoms with Gasteiger partial charge in [-0.1, -0.05) is 25.0 Å². The largest absolute Gasteiger partial charge is 0.385 e. The van der Waals surface area contributed by atoms with Gasteiger partial charge in [0.2, 0.25) is 10.0 Å². The summed E-state index contributed by atoms with van der Waals surface area (Å²) in [5, 5.41) is 6.78. The third-order valence-corrected chi connectivity index (χ3v) is 8.35. The molecule has 2 N–H and O–H groups in total. The highest BCUT2D eigenvalue weighted by molar-refractivity contribution is 14.0. The standard InChI is InChI=1S/C22H36N4O3S.HI/c1-23-21(25-18-22(11-6-12-22)13-16-29-2)24-17-19-7-9-20(10-8-19)30(27,28)26-14-4-3-5-15-26;/h7-10H,3-6,11-18H2,1-2H3,(H2,23,24,25);1H. The summed E-state index contributed by atoms with van der Waals surface area (Å²) in [6, 6.07) is 7.18. The molecule has 7 nitrogen and oxygen atoms in total. The fourth-order valence-electron chi connectivity index (χ4n) is 4.22. The Morgan fingerprint density at radius 1 is 1.10 bits per heavy atom. The zero-order valence-corrected chi connectivity index (χ0v) is 21.9. The van der Waals surface area contributed by atoms with E-state index in [4.69, 9.17) is 4.74 Å². The fraction of sp³-hybridized carbons (Fsp3) is 0.682. The van der Waals surface area contributed by atoms with Crippen molar-refractivity contribution in [3.63, 3.8) is 0 Å². The van der Waals surface area contributed by atoms with E-state index in [-0.39, 0.29) is 24.0 Å². The number of hydrogen-bond donors (Lipinski definition) is 2. The van der Waals surface area contributed by atoms with Crippen LogP contribution in [0.5, 0.6) is 0 Å². The number of guanidine groups is 1. The Balaban J connectivity index is 0.00000341. The molecule has 0 bridgehead atoms. The molecule has 31 heavy (non-hydrogen) atoms. The molecular weight excluding hydrogens is 527 g/mol. The van der Waals surface area contributed by atoms with Crippen molar-refractivity contribution in [2.24, 2.45) is 10.4 Å². The van der Waals surface area contributed by atoms with E-state index in [1.54, 1.807) is 30.6 Å². The Morgan fingerprint density at radius 2 is 1.77 bits per heavy atom. The zero-order chi connectivity index (χ0) is 21.5. The molecular formula is C22H37IN4O3S. The Kier molecular flexibility index (Phi) is 10.5. The van der Waals surface area contributed by atoms with Gasteiger partial charge in [-0.3, -0.25) is 4.99 Å². The van der Waals surface area contributed by atoms with E-state index in [2.05, 4.69) is 15.6 Å². The zero-order valence-electron chi connectivity index (χ0n) is 18.7. The molecule has 1 heterocycles. The monoisotopic (exact) mass is 564 g/mol. The van der Waals surface area contributed by atoms with Gasteiger partial charge in [-0.25, -0.2) is 8.42 Å². The lowest BCUT2D eigenvalue weighted by atomic mass is 9.67. The van der Waals surface area contributed by atoms with Gasteiger partial charge in [0.05, 0.1) is 4.90 Å². The summed E-state index contributed by atoms with van der Waals surface area (Å²) in [5.74, 6) is 0.767. The van der Waals surface area contributed by atoms with E-state index < -0.39 is 10.0 Å². The van der Waals surface area contributed by atoms with E-state index in [0.29, 0.717) is 29.9 Å². The van der Waals surface area contributed by atoms with E-state index in [0.717, 1.165) is 50.4 Å². The Hall–Kier alpha value is -0.910. The summed E-state index contributed by atoms with van der Waals surface area (Å²) in [5.41, 5.74) is 1.34. The molecule has 2 fully saturated rings. The Morgan fingerprint density at radius 3 is 2.32 bits per heavy atom. The number of methoxy groups -OCH3 is 1. The first-order valence-electron chi connectivity index (χ1n) is 11.0. The van der Waals surface area contributed by atoms with E-state index in [9.17, 15) is 8.42 Å². The lowest BCUT2D eigenvalue weighted by molar-refractivity contribution is 0.0732. The highest BCUT2D eigenvalue weighted by Gasteiger charge is 2.36. The van der Waals surface area contributed by atoms with Crippen LogP contribution in [0.1, 0.15) is 50.5 Å². The van der Waals surface area contributed by atoms with Crippen LogP contribution in [-0.2, 0) is 21.3 Å². The van der Waals surface area contributed by atoms with E-state index in [1.807, 2.05) is 12.1 Å². The number of benzene rings is 1. The van der Waals surface area contributed by atoms with Crippen molar-refractivity contribution in [1.82, 2.24) is 14.9 Å². The summed E-state index contributed by atoms with van der Waals surface area (Å²) in [4.78, 5) is 4.70. The Labute approximate surface area is 204 Å². The van der Waals surface area contributed by atoms with Crippen LogP contribution in [0.3, 0.4) is 0 Å². The Bertz CT molecular complexity index is 805. The molecule has 1 aliphatic carbocycles. The summed E-state index contributed by atoms with van der Waals surface area (Å²) in [6.45, 7) is 3.53. The van der Waals surface area contributed by atoms with Crippen LogP contribution < -0.4 is 10.6 Å². The van der Waals surface area contributed by atoms with E-state index in [1.165, 1.54) is 19.3 Å². The first kappa shape index (κ1) is 26.3. The van der Waals surface area contributed by atoms with Crippen LogP contribution in [0.4, 0.5) is 0 Å². The molecule has 0 spiro atoms. The molecule has 0 unspecified atom stereocenters. The predicted molar refractivity (Wildman–Crippen MR) is 135 cm³/mol. The van der Waals surface area contributed by atoms with Gasteiger partial charge in [0, 0.05) is 46.9 Å². The maximum atomic E-state index is 12.8. The van der Waals surface area contributed by atoms with Gasteiger partial charge in [0.1, 0.15) is 0 Å². The van der Waals surface area contributed by atoms with Crippen LogP contribution in [-0.4, -0.2) is 59.1 Å². The van der Waals surface area contributed by atoms with E-state index >= 15 is 0 Å². The molecule has 1 aromatic rings. The van der Waals surface area contributed by atoms with Crippen molar-refractivity contribution >= 4 is 40.0 Å². The van der Waals surface area contributed by atoms with Crippen LogP contribution in [0.25, 0.3) is 0 Å². The lowest BCUT2D eigenvalue weighted by Gasteiger charge is -2.42. The SMILES string of the molecule is CN=C(NCc1ccc(S(=O)(=O)N2CCCCC2)cc1)NCC1(CCOC)CCC1.I. The molecule has 9 heteroatoms. The molecule has 3 rings (SSSR count). The number of ether oxygens (including phenoxy) is 1. The summed E-state index contributed by atoms with van der Waals surface area (Å²) in [7, 11) is 0.146. The highest BCUT2D eigenvalue weighted by Crippen LogP contribution is 2.43. The molecule has 0 amide bonds. The van der Waals surface area contributed by atoms with Crippen LogP contribution in [0.15, 0.2) is 34.2 Å². The average Bonchev–Trinajstić information content (AvgIpc) is 2.75. The van der Waals surface area contributed by atoms with Gasteiger partial charge in [0.25, 0.3) is 0 Å². The van der Waals surface area contributed by atoms with Gasteiger partial charge in [-0.05, 0) is 55.2 Å². The fourth-order valence-corrected chi connectivity index (χ4v) is 5.74. The van der Waals surface area contributed by atoms with Crippen molar-refractivity contribution in [2.45, 2.75) is 56.4 Å². The highest BCUT2D eigenvalue weighted by atomic mass is 127. The molecule has 2 aliphatic rings. The molecule has 0 atom stereocenters. The number of halogens is 1. The van der Waals surface area contributed by atoms with Crippen molar-refractivity contribution in [3.8, 4) is 0 Å². The second-order valence-electron chi connectivity index (χ2n) is 8.48. The maximum Gasteiger partial charge on any atom is 0.243 e. The molecule has 1 aromatic carbocycles. The molecule has 0 radical (unpaired) electrons. The van der Waals surface area contributed by atoms with Gasteiger partial charge >= 0.3 is 0 Å². The minimum absolute atomic E-state index is 0. The topological polar surface area (TPSA) is 83.0 Å². The number of hydrogen-bond acceptors (Lipinski definition) is 4. The second kappa shape index (κ2) is 12.4. The van der Waals surface area contributed by atoms with Crippen LogP contribution in [0, 0.1) is 5.41 Å². The third kappa shape index (κ3) is 7.03. The van der Waals surface area contributed by atoms with Crippen LogP contribution in [0.2, 0.25) is 0 Å². The predicted octanol–water partition coefficient (Wildman–Crippen LogP) is 3.35. The lowest BCUT2D eigenvalue weighted by Crippen LogP contribution is -2.46. The second-order valence-corrected chi connectivity index (χ2v) is 10.4. The smallest absolute Gasteiger partial charge is 0.243 e. The molecule has 1 saturated heterocycles.